The maximum absolute atomic E-state index is 13.9. The van der Waals surface area contributed by atoms with Crippen LogP contribution in [0.4, 0.5) is 5.82 Å². The maximum Gasteiger partial charge on any atom is 0.248 e. The first kappa shape index (κ1) is 22.2. The van der Waals surface area contributed by atoms with Gasteiger partial charge in [0.2, 0.25) is 5.91 Å². The van der Waals surface area contributed by atoms with Crippen molar-refractivity contribution in [3.63, 3.8) is 0 Å². The normalized spacial score (nSPS) is 11.4. The average molecular weight is 471 g/mol. The van der Waals surface area contributed by atoms with E-state index < -0.39 is 0 Å². The van der Waals surface area contributed by atoms with Crippen molar-refractivity contribution in [2.45, 2.75) is 40.2 Å². The van der Waals surface area contributed by atoms with Crippen LogP contribution in [0, 0.1) is 13.8 Å². The van der Waals surface area contributed by atoms with Gasteiger partial charge in [0.1, 0.15) is 6.54 Å². The fraction of sp³-hybridized carbons (Fsp3) is 0.269. The topological polar surface area (TPSA) is 76.8 Å². The van der Waals surface area contributed by atoms with Crippen LogP contribution in [0.5, 0.6) is 0 Å². The van der Waals surface area contributed by atoms with Crippen molar-refractivity contribution in [3.05, 3.63) is 65.4 Å². The number of aromatic nitrogens is 5. The number of thiazole rings is 1. The van der Waals surface area contributed by atoms with E-state index in [9.17, 15) is 4.79 Å². The fourth-order valence-electron chi connectivity index (χ4n) is 4.23. The lowest BCUT2D eigenvalue weighted by Gasteiger charge is -2.23. The van der Waals surface area contributed by atoms with E-state index in [1.807, 2.05) is 72.5 Å². The van der Waals surface area contributed by atoms with Crippen molar-refractivity contribution in [3.8, 4) is 10.7 Å². The summed E-state index contributed by atoms with van der Waals surface area (Å²) in [7, 11) is 0. The molecule has 3 heterocycles. The molecule has 0 radical (unpaired) electrons. The Morgan fingerprint density at radius 3 is 2.53 bits per heavy atom. The van der Waals surface area contributed by atoms with Crippen LogP contribution in [0.2, 0.25) is 0 Å². The van der Waals surface area contributed by atoms with Gasteiger partial charge in [0.05, 0.1) is 32.8 Å². The Labute approximate surface area is 202 Å². The van der Waals surface area contributed by atoms with Crippen molar-refractivity contribution in [2.24, 2.45) is 0 Å². The van der Waals surface area contributed by atoms with Crippen molar-refractivity contribution in [1.29, 1.82) is 0 Å². The first-order chi connectivity index (χ1) is 16.6. The minimum Gasteiger partial charge on any atom is -0.314 e. The SMILES string of the molecule is CCCCN(C(=O)Cn1c(-c2scnc2C)nc2ccccc21)c1nnc(C)c2ccccc12. The molecule has 2 aromatic carbocycles. The molecule has 0 aliphatic rings. The Bertz CT molecular complexity index is 1490. The fourth-order valence-corrected chi connectivity index (χ4v) is 5.03. The average Bonchev–Trinajstić information content (AvgIpc) is 3.44. The zero-order valence-electron chi connectivity index (χ0n) is 19.5. The summed E-state index contributed by atoms with van der Waals surface area (Å²) in [6.45, 7) is 6.77. The number of para-hydroxylation sites is 2. The molecule has 8 heteroatoms. The highest BCUT2D eigenvalue weighted by atomic mass is 32.1. The number of aryl methyl sites for hydroxylation is 2. The van der Waals surface area contributed by atoms with Crippen LogP contribution in [-0.2, 0) is 11.3 Å². The van der Waals surface area contributed by atoms with Crippen molar-refractivity contribution < 1.29 is 4.79 Å². The molecule has 5 rings (SSSR count). The molecule has 0 saturated heterocycles. The molecule has 0 spiro atoms. The number of anilines is 1. The van der Waals surface area contributed by atoms with Gasteiger partial charge in [0.15, 0.2) is 11.6 Å². The first-order valence-corrected chi connectivity index (χ1v) is 12.3. The van der Waals surface area contributed by atoms with Gasteiger partial charge >= 0.3 is 0 Å². The van der Waals surface area contributed by atoms with Gasteiger partial charge < -0.3 is 4.57 Å². The summed E-state index contributed by atoms with van der Waals surface area (Å²) in [4.78, 5) is 25.9. The van der Waals surface area contributed by atoms with Crippen LogP contribution in [-0.4, -0.2) is 37.2 Å². The first-order valence-electron chi connectivity index (χ1n) is 11.5. The zero-order chi connectivity index (χ0) is 23.7. The van der Waals surface area contributed by atoms with Crippen LogP contribution >= 0.6 is 11.3 Å². The molecule has 0 aliphatic heterocycles. The minimum absolute atomic E-state index is 0.0386. The highest BCUT2D eigenvalue weighted by molar-refractivity contribution is 7.13. The Kier molecular flexibility index (Phi) is 6.06. The van der Waals surface area contributed by atoms with Gasteiger partial charge in [-0.15, -0.1) is 16.4 Å². The van der Waals surface area contributed by atoms with Crippen molar-refractivity contribution in [1.82, 2.24) is 24.7 Å². The molecule has 0 unspecified atom stereocenters. The van der Waals surface area contributed by atoms with Crippen molar-refractivity contribution in [2.75, 3.05) is 11.4 Å². The van der Waals surface area contributed by atoms with Gasteiger partial charge in [-0.1, -0.05) is 49.7 Å². The van der Waals surface area contributed by atoms with E-state index >= 15 is 0 Å². The number of fused-ring (bicyclic) bond motifs is 2. The van der Waals surface area contributed by atoms with E-state index in [0.717, 1.165) is 56.7 Å². The Balaban J connectivity index is 1.60. The molecule has 172 valence electrons. The standard InChI is InChI=1S/C26H26N6OS/c1-4-5-14-31(25-20-11-7-6-10-19(20)17(2)29-30-25)23(33)15-32-22-13-9-8-12-21(22)28-26(32)24-18(3)27-16-34-24/h6-13,16H,4-5,14-15H2,1-3H3. The molecule has 5 aromatic rings. The number of unbranched alkanes of at least 4 members (excludes halogenated alkanes) is 1. The second-order valence-corrected chi connectivity index (χ2v) is 9.19. The van der Waals surface area contributed by atoms with Gasteiger partial charge in [0, 0.05) is 17.3 Å². The quantitative estimate of drug-likeness (QED) is 0.312. The predicted octanol–water partition coefficient (Wildman–Crippen LogP) is 5.55. The highest BCUT2D eigenvalue weighted by Crippen LogP contribution is 2.31. The Hall–Kier alpha value is -3.65. The number of nitrogens with zero attached hydrogens (tertiary/aromatic N) is 6. The van der Waals surface area contributed by atoms with E-state index in [0.29, 0.717) is 12.4 Å². The minimum atomic E-state index is -0.0386. The molecular formula is C26H26N6OS. The molecule has 3 aromatic heterocycles. The molecule has 0 atom stereocenters. The third-order valence-corrected chi connectivity index (χ3v) is 6.97. The molecule has 0 N–H and O–H groups in total. The summed E-state index contributed by atoms with van der Waals surface area (Å²) in [6.07, 6.45) is 1.85. The number of rotatable bonds is 7. The van der Waals surface area contributed by atoms with Gasteiger partial charge in [-0.3, -0.25) is 9.69 Å². The van der Waals surface area contributed by atoms with Crippen LogP contribution in [0.1, 0.15) is 31.2 Å². The third-order valence-electron chi connectivity index (χ3n) is 6.04. The number of benzene rings is 2. The maximum atomic E-state index is 13.9. The summed E-state index contributed by atoms with van der Waals surface area (Å²) >= 11 is 1.54. The summed E-state index contributed by atoms with van der Waals surface area (Å²) < 4.78 is 2.00. The molecule has 34 heavy (non-hydrogen) atoms. The third kappa shape index (κ3) is 3.94. The highest BCUT2D eigenvalue weighted by Gasteiger charge is 2.24. The lowest BCUT2D eigenvalue weighted by molar-refractivity contribution is -0.119. The van der Waals surface area contributed by atoms with Crippen LogP contribution in [0.15, 0.2) is 54.0 Å². The predicted molar refractivity (Wildman–Crippen MR) is 137 cm³/mol. The van der Waals surface area contributed by atoms with Crippen LogP contribution in [0.25, 0.3) is 32.5 Å². The number of hydrogen-bond donors (Lipinski definition) is 0. The molecule has 0 saturated carbocycles. The van der Waals surface area contributed by atoms with Gasteiger partial charge in [0.25, 0.3) is 0 Å². The van der Waals surface area contributed by atoms with E-state index in [1.165, 1.54) is 11.3 Å². The monoisotopic (exact) mass is 470 g/mol. The summed E-state index contributed by atoms with van der Waals surface area (Å²) in [5, 5.41) is 10.8. The molecule has 0 fully saturated rings. The van der Waals surface area contributed by atoms with E-state index in [-0.39, 0.29) is 12.5 Å². The second-order valence-electron chi connectivity index (χ2n) is 8.33. The zero-order valence-corrected chi connectivity index (χ0v) is 20.3. The van der Waals surface area contributed by atoms with Crippen LogP contribution in [0.3, 0.4) is 0 Å². The molecular weight excluding hydrogens is 444 g/mol. The number of carbonyl (C=O) groups is 1. The van der Waals surface area contributed by atoms with E-state index in [4.69, 9.17) is 4.98 Å². The van der Waals surface area contributed by atoms with E-state index in [2.05, 4.69) is 22.1 Å². The molecule has 0 bridgehead atoms. The summed E-state index contributed by atoms with van der Waals surface area (Å²) in [5.41, 5.74) is 5.36. The van der Waals surface area contributed by atoms with Crippen molar-refractivity contribution >= 4 is 44.9 Å². The van der Waals surface area contributed by atoms with Crippen LogP contribution < -0.4 is 4.90 Å². The number of hydrogen-bond acceptors (Lipinski definition) is 6. The summed E-state index contributed by atoms with van der Waals surface area (Å²) in [5.74, 6) is 1.34. The Morgan fingerprint density at radius 1 is 1.00 bits per heavy atom. The summed E-state index contributed by atoms with van der Waals surface area (Å²) in [6, 6.07) is 15.9. The number of imidazole rings is 1. The molecule has 1 amide bonds. The lowest BCUT2D eigenvalue weighted by atomic mass is 10.1. The molecule has 7 nitrogen and oxygen atoms in total. The van der Waals surface area contributed by atoms with Gasteiger partial charge in [-0.2, -0.15) is 5.10 Å². The molecule has 0 aliphatic carbocycles. The number of amides is 1. The van der Waals surface area contributed by atoms with E-state index in [1.54, 1.807) is 4.90 Å². The smallest absolute Gasteiger partial charge is 0.248 e. The van der Waals surface area contributed by atoms with Gasteiger partial charge in [-0.25, -0.2) is 9.97 Å². The largest absolute Gasteiger partial charge is 0.314 e. The Morgan fingerprint density at radius 2 is 1.76 bits per heavy atom. The van der Waals surface area contributed by atoms with Gasteiger partial charge in [-0.05, 0) is 32.4 Å². The number of carbonyl (C=O) groups excluding carboxylic acids is 1. The lowest BCUT2D eigenvalue weighted by Crippen LogP contribution is -2.36. The second kappa shape index (κ2) is 9.30.